The van der Waals surface area contributed by atoms with Crippen molar-refractivity contribution in [3.63, 3.8) is 0 Å². The Labute approximate surface area is 260 Å². The molecule has 210 valence electrons. The molecule has 2 atom stereocenters. The number of aromatic nitrogens is 2. The Morgan fingerprint density at radius 2 is 1.31 bits per heavy atom. The van der Waals surface area contributed by atoms with E-state index in [1.165, 1.54) is 65.8 Å². The lowest BCUT2D eigenvalue weighted by atomic mass is 9.66. The fraction of sp³-hybridized carbons (Fsp3) is 0.0465. The quantitative estimate of drug-likeness (QED) is 0.188. The van der Waals surface area contributed by atoms with Crippen LogP contribution in [0.5, 0.6) is 0 Å². The molecule has 45 heavy (non-hydrogen) atoms. The molecular weight excluding hydrogens is 544 g/mol. The van der Waals surface area contributed by atoms with Crippen molar-refractivity contribution in [2.75, 3.05) is 0 Å². The van der Waals surface area contributed by atoms with E-state index in [-0.39, 0.29) is 11.8 Å². The van der Waals surface area contributed by atoms with Crippen molar-refractivity contribution in [3.8, 4) is 0 Å². The number of imidazole rings is 1. The molecule has 2 heteroatoms. The van der Waals surface area contributed by atoms with E-state index in [4.69, 9.17) is 4.98 Å². The average molecular weight is 573 g/mol. The lowest BCUT2D eigenvalue weighted by Crippen LogP contribution is -2.23. The molecule has 0 aliphatic heterocycles. The van der Waals surface area contributed by atoms with Gasteiger partial charge in [0.1, 0.15) is 5.65 Å². The number of hydrogen-bond donors (Lipinski definition) is 0. The van der Waals surface area contributed by atoms with Crippen LogP contribution < -0.4 is 0 Å². The SMILES string of the molecule is C1=CC2=C(c3ccc4c(c3)c3ccccc3n3c5ccccc5nc43)c3ccccc3C(c3cccc4ccccc34)C2C=C1. The number of para-hydroxylation sites is 3. The molecule has 0 radical (unpaired) electrons. The minimum Gasteiger partial charge on any atom is -0.292 e. The standard InChI is InChI=1S/C43H28N2/c1-2-14-29-27(12-1)13-11-20-31(29)42-34-18-5-3-16-32(34)41(33-17-4-6-19-35(33)42)28-24-25-36-37(26-28)30-15-7-9-22-39(30)45-40-23-10-8-21-38(40)44-43(36)45/h1-26,34,42H. The summed E-state index contributed by atoms with van der Waals surface area (Å²) >= 11 is 0. The summed E-state index contributed by atoms with van der Waals surface area (Å²) in [7, 11) is 0. The normalized spacial score (nSPS) is 17.5. The molecule has 2 heterocycles. The number of hydrogen-bond acceptors (Lipinski definition) is 1. The van der Waals surface area contributed by atoms with Gasteiger partial charge in [-0.25, -0.2) is 4.98 Å². The van der Waals surface area contributed by atoms with Crippen LogP contribution in [0.25, 0.3) is 54.7 Å². The van der Waals surface area contributed by atoms with E-state index < -0.39 is 0 Å². The second kappa shape index (κ2) is 9.38. The van der Waals surface area contributed by atoms with Gasteiger partial charge in [0.25, 0.3) is 0 Å². The van der Waals surface area contributed by atoms with Crippen LogP contribution in [0, 0.1) is 5.92 Å². The summed E-state index contributed by atoms with van der Waals surface area (Å²) < 4.78 is 2.32. The zero-order valence-corrected chi connectivity index (χ0v) is 24.6. The molecule has 8 aromatic rings. The highest BCUT2D eigenvalue weighted by Crippen LogP contribution is 2.51. The van der Waals surface area contributed by atoms with E-state index in [0.29, 0.717) is 0 Å². The summed E-state index contributed by atoms with van der Waals surface area (Å²) in [6, 6.07) is 48.9. The van der Waals surface area contributed by atoms with Crippen LogP contribution >= 0.6 is 0 Å². The Morgan fingerprint density at radius 3 is 2.27 bits per heavy atom. The molecule has 0 spiro atoms. The summed E-state index contributed by atoms with van der Waals surface area (Å²) in [6.07, 6.45) is 9.19. The molecule has 0 saturated heterocycles. The predicted molar refractivity (Wildman–Crippen MR) is 188 cm³/mol. The van der Waals surface area contributed by atoms with Gasteiger partial charge in [0.15, 0.2) is 0 Å². The second-order valence-electron chi connectivity index (χ2n) is 12.3. The number of rotatable bonds is 2. The van der Waals surface area contributed by atoms with Gasteiger partial charge in [-0.15, -0.1) is 0 Å². The first-order valence-electron chi connectivity index (χ1n) is 15.7. The molecular formula is C43H28N2. The van der Waals surface area contributed by atoms with Gasteiger partial charge in [0, 0.05) is 22.6 Å². The third kappa shape index (κ3) is 3.48. The third-order valence-electron chi connectivity index (χ3n) is 9.98. The zero-order valence-electron chi connectivity index (χ0n) is 24.6. The Kier molecular flexibility index (Phi) is 5.15. The number of nitrogens with zero attached hydrogens (tertiary/aromatic N) is 2. The van der Waals surface area contributed by atoms with Gasteiger partial charge >= 0.3 is 0 Å². The van der Waals surface area contributed by atoms with Crippen molar-refractivity contribution < 1.29 is 0 Å². The van der Waals surface area contributed by atoms with Crippen molar-refractivity contribution in [1.29, 1.82) is 0 Å². The minimum absolute atomic E-state index is 0.227. The molecule has 2 aliphatic carbocycles. The zero-order chi connectivity index (χ0) is 29.5. The largest absolute Gasteiger partial charge is 0.292 e. The molecule has 0 saturated carbocycles. The number of allylic oxidation sites excluding steroid dienone is 5. The van der Waals surface area contributed by atoms with Gasteiger partial charge in [-0.05, 0) is 79.9 Å². The number of pyridine rings is 1. The highest BCUT2D eigenvalue weighted by atomic mass is 15.0. The van der Waals surface area contributed by atoms with E-state index in [9.17, 15) is 0 Å². The second-order valence-corrected chi connectivity index (χ2v) is 12.3. The van der Waals surface area contributed by atoms with E-state index >= 15 is 0 Å². The fourth-order valence-corrected chi connectivity index (χ4v) is 8.11. The van der Waals surface area contributed by atoms with Crippen molar-refractivity contribution in [2.24, 2.45) is 5.92 Å². The maximum atomic E-state index is 5.14. The first-order chi connectivity index (χ1) is 22.3. The van der Waals surface area contributed by atoms with Gasteiger partial charge < -0.3 is 0 Å². The van der Waals surface area contributed by atoms with E-state index in [2.05, 4.69) is 162 Å². The van der Waals surface area contributed by atoms with Crippen LogP contribution in [-0.4, -0.2) is 9.38 Å². The summed E-state index contributed by atoms with van der Waals surface area (Å²) in [5.74, 6) is 0.462. The lowest BCUT2D eigenvalue weighted by Gasteiger charge is -2.37. The molecule has 2 aliphatic rings. The predicted octanol–water partition coefficient (Wildman–Crippen LogP) is 10.6. The Hall–Kier alpha value is -5.73. The molecule has 2 aromatic heterocycles. The lowest BCUT2D eigenvalue weighted by molar-refractivity contribution is 0.653. The molecule has 2 nitrogen and oxygen atoms in total. The Bertz CT molecular complexity index is 2610. The van der Waals surface area contributed by atoms with Gasteiger partial charge in [-0.2, -0.15) is 0 Å². The van der Waals surface area contributed by atoms with Crippen LogP contribution in [0.4, 0.5) is 0 Å². The van der Waals surface area contributed by atoms with Crippen LogP contribution in [0.3, 0.4) is 0 Å². The van der Waals surface area contributed by atoms with Gasteiger partial charge in [-0.1, -0.05) is 127 Å². The average Bonchev–Trinajstić information content (AvgIpc) is 3.50. The Morgan fingerprint density at radius 1 is 0.556 bits per heavy atom. The van der Waals surface area contributed by atoms with Gasteiger partial charge in [-0.3, -0.25) is 4.40 Å². The summed E-state index contributed by atoms with van der Waals surface area (Å²) in [4.78, 5) is 5.14. The molecule has 0 bridgehead atoms. The number of benzene rings is 6. The van der Waals surface area contributed by atoms with Crippen LogP contribution in [0.15, 0.2) is 163 Å². The molecule has 0 fully saturated rings. The van der Waals surface area contributed by atoms with Crippen LogP contribution in [0.1, 0.15) is 28.2 Å². The maximum Gasteiger partial charge on any atom is 0.146 e. The highest BCUT2D eigenvalue weighted by Gasteiger charge is 2.36. The third-order valence-corrected chi connectivity index (χ3v) is 9.98. The molecule has 0 amide bonds. The van der Waals surface area contributed by atoms with Crippen molar-refractivity contribution >= 4 is 54.7 Å². The molecule has 10 rings (SSSR count). The van der Waals surface area contributed by atoms with Crippen LogP contribution in [-0.2, 0) is 0 Å². The van der Waals surface area contributed by atoms with Crippen LogP contribution in [0.2, 0.25) is 0 Å². The van der Waals surface area contributed by atoms with E-state index in [1.54, 1.807) is 0 Å². The topological polar surface area (TPSA) is 17.3 Å². The smallest absolute Gasteiger partial charge is 0.146 e. The van der Waals surface area contributed by atoms with Crippen molar-refractivity contribution in [1.82, 2.24) is 9.38 Å². The monoisotopic (exact) mass is 572 g/mol. The summed E-state index contributed by atoms with van der Waals surface area (Å²) in [5.41, 5.74) is 12.4. The van der Waals surface area contributed by atoms with Gasteiger partial charge in [0.05, 0.1) is 16.6 Å². The first-order valence-corrected chi connectivity index (χ1v) is 15.7. The first kappa shape index (κ1) is 24.7. The van der Waals surface area contributed by atoms with E-state index in [1.807, 2.05) is 0 Å². The highest BCUT2D eigenvalue weighted by molar-refractivity contribution is 6.14. The maximum absolute atomic E-state index is 5.14. The van der Waals surface area contributed by atoms with Crippen molar-refractivity contribution in [2.45, 2.75) is 5.92 Å². The summed E-state index contributed by atoms with van der Waals surface area (Å²) in [6.45, 7) is 0. The molecule has 2 unspecified atom stereocenters. The number of fused-ring (bicyclic) bond motifs is 11. The molecule has 6 aromatic carbocycles. The minimum atomic E-state index is 0.227. The van der Waals surface area contributed by atoms with E-state index in [0.717, 1.165) is 16.7 Å². The van der Waals surface area contributed by atoms with Crippen molar-refractivity contribution in [3.05, 3.63) is 186 Å². The fourth-order valence-electron chi connectivity index (χ4n) is 8.11. The van der Waals surface area contributed by atoms with Gasteiger partial charge in [0.2, 0.25) is 0 Å². The Balaban J connectivity index is 1.26. The molecule has 0 N–H and O–H groups in total. The summed E-state index contributed by atoms with van der Waals surface area (Å²) in [5, 5.41) is 6.27.